The normalized spacial score (nSPS) is 40.8. The lowest BCUT2D eigenvalue weighted by Gasteiger charge is -2.60. The molecule has 1 aromatic rings. The Bertz CT molecular complexity index is 1180. The van der Waals surface area contributed by atoms with E-state index in [1.807, 2.05) is 13.0 Å². The maximum absolute atomic E-state index is 10.4. The van der Waals surface area contributed by atoms with Gasteiger partial charge < -0.3 is 14.6 Å². The molecule has 1 heterocycles. The van der Waals surface area contributed by atoms with E-state index in [1.54, 1.807) is 0 Å². The second-order valence-corrected chi connectivity index (χ2v) is 12.6. The smallest absolute Gasteiger partial charge is 0.236 e. The first-order chi connectivity index (χ1) is 17.9. The zero-order valence-electron chi connectivity index (χ0n) is 22.5. The van der Waals surface area contributed by atoms with Crippen LogP contribution in [0.3, 0.4) is 0 Å². The molecule has 5 nitrogen and oxygen atoms in total. The van der Waals surface area contributed by atoms with Crippen molar-refractivity contribution in [3.05, 3.63) is 58.7 Å². The van der Waals surface area contributed by atoms with Crippen LogP contribution in [-0.4, -0.2) is 24.2 Å². The number of benzene rings is 1. The van der Waals surface area contributed by atoms with Crippen LogP contribution < -0.4 is 0 Å². The van der Waals surface area contributed by atoms with E-state index in [4.69, 9.17) is 9.47 Å². The minimum absolute atomic E-state index is 0.0473. The molecule has 37 heavy (non-hydrogen) atoms. The zero-order chi connectivity index (χ0) is 25.8. The molecule has 1 unspecified atom stereocenters. The molecule has 5 aliphatic rings. The number of nitrogens with zero attached hydrogens (tertiary/aromatic N) is 2. The van der Waals surface area contributed by atoms with Crippen molar-refractivity contribution in [1.82, 2.24) is 0 Å². The average Bonchev–Trinajstić information content (AvgIpc) is 3.21. The summed E-state index contributed by atoms with van der Waals surface area (Å²) in [5, 5.41) is 20.7. The maximum atomic E-state index is 10.4. The molecule has 0 radical (unpaired) electrons. The Kier molecular flexibility index (Phi) is 6.23. The highest BCUT2D eigenvalue weighted by atomic mass is 16.5. The second kappa shape index (κ2) is 9.31. The summed E-state index contributed by atoms with van der Waals surface area (Å²) in [6, 6.07) is 12.9. The Morgan fingerprint density at radius 3 is 2.70 bits per heavy atom. The molecule has 0 amide bonds. The summed E-state index contributed by atoms with van der Waals surface area (Å²) in [5.41, 5.74) is 3.28. The Morgan fingerprint density at radius 2 is 1.95 bits per heavy atom. The van der Waals surface area contributed by atoms with Crippen LogP contribution in [0.2, 0.25) is 0 Å². The predicted octanol–water partition coefficient (Wildman–Crippen LogP) is 6.87. The highest BCUT2D eigenvalue weighted by Crippen LogP contribution is 2.69. The number of aliphatic hydroxyl groups is 1. The standard InChI is InChI=1S/C32H40N2O3/c1-4-36-19-34-30-25(18-33)28(20-8-6-5-7-9-20)24-17-27-23-11-10-21-16-22(35)12-14-31(21,2)26(23)13-15-32(27,3)29(24)37-30/h5-9,19,21-23,26-28,35H,4,10-17H2,1-3H3/b34-19-/t21-,22-,23-,26-,27-,28?,31-,32-/m0/s1. The molecule has 0 aromatic heterocycles. The topological polar surface area (TPSA) is 74.8 Å². The number of ether oxygens (including phenoxy) is 2. The van der Waals surface area contributed by atoms with Crippen molar-refractivity contribution in [2.24, 2.45) is 39.5 Å². The van der Waals surface area contributed by atoms with Crippen molar-refractivity contribution in [2.45, 2.75) is 84.2 Å². The molecular weight excluding hydrogens is 460 g/mol. The van der Waals surface area contributed by atoms with Crippen LogP contribution >= 0.6 is 0 Å². The minimum atomic E-state index is -0.124. The Hall–Kier alpha value is -2.58. The fourth-order valence-electron chi connectivity index (χ4n) is 9.17. The first-order valence-corrected chi connectivity index (χ1v) is 14.3. The van der Waals surface area contributed by atoms with Crippen LogP contribution in [0.25, 0.3) is 0 Å². The number of aliphatic hydroxyl groups excluding tert-OH is 1. The lowest BCUT2D eigenvalue weighted by molar-refractivity contribution is -0.122. The molecule has 5 heteroatoms. The van der Waals surface area contributed by atoms with E-state index >= 15 is 0 Å². The van der Waals surface area contributed by atoms with Gasteiger partial charge in [0.2, 0.25) is 5.88 Å². The number of hydrogen-bond donors (Lipinski definition) is 1. The van der Waals surface area contributed by atoms with Crippen LogP contribution in [0.4, 0.5) is 0 Å². The average molecular weight is 501 g/mol. The van der Waals surface area contributed by atoms with Crippen molar-refractivity contribution in [2.75, 3.05) is 6.61 Å². The number of allylic oxidation sites excluding steroid dienone is 3. The Labute approximate surface area is 221 Å². The molecule has 0 spiro atoms. The quantitative estimate of drug-likeness (QED) is 0.362. The third-order valence-corrected chi connectivity index (χ3v) is 11.0. The van der Waals surface area contributed by atoms with Gasteiger partial charge in [-0.05, 0) is 98.5 Å². The van der Waals surface area contributed by atoms with Crippen LogP contribution in [0.1, 0.15) is 83.6 Å². The Morgan fingerprint density at radius 1 is 1.14 bits per heavy atom. The molecule has 4 aliphatic carbocycles. The van der Waals surface area contributed by atoms with Crippen LogP contribution in [0.5, 0.6) is 0 Å². The van der Waals surface area contributed by atoms with Gasteiger partial charge in [0.15, 0.2) is 6.40 Å². The van der Waals surface area contributed by atoms with E-state index in [-0.39, 0.29) is 17.4 Å². The summed E-state index contributed by atoms with van der Waals surface area (Å²) in [4.78, 5) is 4.51. The fourth-order valence-corrected chi connectivity index (χ4v) is 9.17. The number of aliphatic imine (C=N–C) groups is 1. The van der Waals surface area contributed by atoms with Gasteiger partial charge in [-0.2, -0.15) is 10.3 Å². The van der Waals surface area contributed by atoms with E-state index in [9.17, 15) is 10.4 Å². The molecule has 1 N–H and O–H groups in total. The summed E-state index contributed by atoms with van der Waals surface area (Å²) in [6.45, 7) is 7.39. The lowest BCUT2D eigenvalue weighted by atomic mass is 9.45. The SMILES string of the molecule is CCO/C=N\C1=C(C#N)C(c2ccccc2)C2=C(O1)[C@@]1(C)CC[C@H]3[C@H](CC[C@H]4C[C@@H](O)CC[C@@]43C)[C@@H]1C2. The molecule has 0 saturated heterocycles. The molecule has 6 rings (SSSR count). The van der Waals surface area contributed by atoms with Crippen molar-refractivity contribution < 1.29 is 14.6 Å². The first-order valence-electron chi connectivity index (χ1n) is 14.3. The number of fused-ring (bicyclic) bond motifs is 6. The van der Waals surface area contributed by atoms with Crippen molar-refractivity contribution in [1.29, 1.82) is 5.26 Å². The fraction of sp³-hybridized carbons (Fsp3) is 0.625. The molecule has 0 bridgehead atoms. The van der Waals surface area contributed by atoms with Gasteiger partial charge in [0.05, 0.1) is 12.7 Å². The third-order valence-electron chi connectivity index (χ3n) is 11.0. The van der Waals surface area contributed by atoms with Gasteiger partial charge in [-0.25, -0.2) is 0 Å². The number of nitriles is 1. The first kappa shape index (κ1) is 24.7. The lowest BCUT2D eigenvalue weighted by Crippen LogP contribution is -2.53. The number of rotatable bonds is 4. The molecule has 196 valence electrons. The number of hydrogen-bond acceptors (Lipinski definition) is 5. The molecular formula is C32H40N2O3. The minimum Gasteiger partial charge on any atom is -0.483 e. The highest BCUT2D eigenvalue weighted by Gasteiger charge is 2.61. The van der Waals surface area contributed by atoms with Crippen LogP contribution in [0.15, 0.2) is 58.1 Å². The highest BCUT2D eigenvalue weighted by molar-refractivity contribution is 5.55. The summed E-state index contributed by atoms with van der Waals surface area (Å²) >= 11 is 0. The van der Waals surface area contributed by atoms with Gasteiger partial charge in [-0.1, -0.05) is 44.2 Å². The molecule has 1 aliphatic heterocycles. The van der Waals surface area contributed by atoms with Gasteiger partial charge in [0.1, 0.15) is 17.4 Å². The van der Waals surface area contributed by atoms with E-state index in [0.717, 1.165) is 43.4 Å². The maximum Gasteiger partial charge on any atom is 0.236 e. The van der Waals surface area contributed by atoms with Gasteiger partial charge in [0.25, 0.3) is 0 Å². The van der Waals surface area contributed by atoms with Crippen LogP contribution in [-0.2, 0) is 9.47 Å². The second-order valence-electron chi connectivity index (χ2n) is 12.6. The summed E-state index contributed by atoms with van der Waals surface area (Å²) in [5.74, 6) is 3.85. The monoisotopic (exact) mass is 500 g/mol. The predicted molar refractivity (Wildman–Crippen MR) is 143 cm³/mol. The van der Waals surface area contributed by atoms with Crippen molar-refractivity contribution >= 4 is 6.40 Å². The van der Waals surface area contributed by atoms with E-state index < -0.39 is 0 Å². The molecule has 3 fully saturated rings. The van der Waals surface area contributed by atoms with Gasteiger partial charge in [-0.15, -0.1) is 0 Å². The van der Waals surface area contributed by atoms with Crippen molar-refractivity contribution in [3.63, 3.8) is 0 Å². The van der Waals surface area contributed by atoms with Crippen molar-refractivity contribution in [3.8, 4) is 6.07 Å². The van der Waals surface area contributed by atoms with Gasteiger partial charge in [0, 0.05) is 11.3 Å². The summed E-state index contributed by atoms with van der Waals surface area (Å²) in [7, 11) is 0. The summed E-state index contributed by atoms with van der Waals surface area (Å²) < 4.78 is 12.0. The van der Waals surface area contributed by atoms with E-state index in [0.29, 0.717) is 47.1 Å². The largest absolute Gasteiger partial charge is 0.483 e. The van der Waals surface area contributed by atoms with E-state index in [2.05, 4.69) is 49.2 Å². The zero-order valence-corrected chi connectivity index (χ0v) is 22.5. The third kappa shape index (κ3) is 3.78. The molecule has 8 atom stereocenters. The molecule has 1 aromatic carbocycles. The van der Waals surface area contributed by atoms with E-state index in [1.165, 1.54) is 31.2 Å². The molecule has 3 saturated carbocycles. The Balaban J connectivity index is 1.38. The van der Waals surface area contributed by atoms with Gasteiger partial charge >= 0.3 is 0 Å². The van der Waals surface area contributed by atoms with Crippen LogP contribution in [0, 0.1) is 45.8 Å². The summed E-state index contributed by atoms with van der Waals surface area (Å²) in [6.07, 6.45) is 10.1. The van der Waals surface area contributed by atoms with Gasteiger partial charge in [-0.3, -0.25) is 0 Å².